The third kappa shape index (κ3) is 4.26. The number of ketones is 1. The van der Waals surface area contributed by atoms with Gasteiger partial charge in [0.1, 0.15) is 16.9 Å². The van der Waals surface area contributed by atoms with E-state index in [1.54, 1.807) is 31.6 Å². The van der Waals surface area contributed by atoms with Crippen molar-refractivity contribution in [3.63, 3.8) is 0 Å². The average molecular weight is 398 g/mol. The summed E-state index contributed by atoms with van der Waals surface area (Å²) in [5.41, 5.74) is -0.627. The second-order valence-electron chi connectivity index (χ2n) is 6.59. The molecule has 1 unspecified atom stereocenters. The van der Waals surface area contributed by atoms with Crippen LogP contribution in [0.4, 0.5) is 30.6 Å². The topological polar surface area (TPSA) is 84.7 Å². The number of halogens is 3. The molecule has 1 atom stereocenters. The summed E-state index contributed by atoms with van der Waals surface area (Å²) in [7, 11) is 0. The molecule has 0 aliphatic rings. The van der Waals surface area contributed by atoms with E-state index in [2.05, 4.69) is 25.7 Å². The maximum Gasteiger partial charge on any atom is 0.421 e. The van der Waals surface area contributed by atoms with Gasteiger partial charge in [-0.2, -0.15) is 23.3 Å². The Morgan fingerprint density at radius 3 is 2.46 bits per heavy atom. The lowest BCUT2D eigenvalue weighted by atomic mass is 9.92. The van der Waals surface area contributed by atoms with Crippen molar-refractivity contribution in [1.29, 1.82) is 0 Å². The largest absolute Gasteiger partial charge is 0.421 e. The molecule has 28 heavy (non-hydrogen) atoms. The number of hydrogen-bond donors (Lipinski definition) is 2. The fourth-order valence-corrected chi connectivity index (χ4v) is 2.78. The monoisotopic (exact) mass is 398 g/mol. The Balaban J connectivity index is 2.38. The van der Waals surface area contributed by atoms with Crippen LogP contribution < -0.4 is 10.6 Å². The molecule has 0 aliphatic heterocycles. The molecule has 0 spiro atoms. The summed E-state index contributed by atoms with van der Waals surface area (Å²) in [6.45, 7) is 9.21. The van der Waals surface area contributed by atoms with Crippen LogP contribution in [0.5, 0.6) is 0 Å². The van der Waals surface area contributed by atoms with Gasteiger partial charge in [0.25, 0.3) is 0 Å². The van der Waals surface area contributed by atoms with Gasteiger partial charge in [0.2, 0.25) is 5.95 Å². The minimum atomic E-state index is -4.56. The molecule has 0 radical (unpaired) electrons. The Hall–Kier alpha value is -2.65. The second kappa shape index (κ2) is 8.15. The number of aromatic nitrogens is 4. The van der Waals surface area contributed by atoms with E-state index in [0.717, 1.165) is 6.20 Å². The fourth-order valence-electron chi connectivity index (χ4n) is 2.78. The summed E-state index contributed by atoms with van der Waals surface area (Å²) < 4.78 is 40.9. The lowest BCUT2D eigenvalue weighted by Crippen LogP contribution is -2.38. The number of Topliss-reactive ketones (excluding diaryl/α,β-unsaturated/α-hetero) is 1. The first-order valence-electron chi connectivity index (χ1n) is 9.11. The van der Waals surface area contributed by atoms with Crippen molar-refractivity contribution in [2.24, 2.45) is 0 Å². The van der Waals surface area contributed by atoms with E-state index >= 15 is 0 Å². The summed E-state index contributed by atoms with van der Waals surface area (Å²) in [6.07, 6.45) is -1.23. The van der Waals surface area contributed by atoms with E-state index in [1.165, 1.54) is 0 Å². The Labute approximate surface area is 161 Å². The highest BCUT2D eigenvalue weighted by Gasteiger charge is 2.35. The van der Waals surface area contributed by atoms with Crippen molar-refractivity contribution >= 4 is 23.2 Å². The van der Waals surface area contributed by atoms with Gasteiger partial charge in [-0.3, -0.25) is 9.48 Å². The van der Waals surface area contributed by atoms with Crippen LogP contribution in [0.25, 0.3) is 0 Å². The molecule has 0 bridgehead atoms. The molecule has 0 saturated heterocycles. The number of nitrogens with zero attached hydrogens (tertiary/aromatic N) is 4. The van der Waals surface area contributed by atoms with Crippen molar-refractivity contribution in [3.05, 3.63) is 23.7 Å². The minimum Gasteiger partial charge on any atom is -0.370 e. The predicted octanol–water partition coefficient (Wildman–Crippen LogP) is 4.28. The number of carbonyl (C=O) groups excluding carboxylic acids is 1. The number of aryl methyl sites for hydroxylation is 1. The predicted molar refractivity (Wildman–Crippen MR) is 101 cm³/mol. The van der Waals surface area contributed by atoms with E-state index in [9.17, 15) is 18.0 Å². The number of alkyl halides is 3. The van der Waals surface area contributed by atoms with Gasteiger partial charge < -0.3 is 10.6 Å². The molecule has 0 amide bonds. The molecule has 2 heterocycles. The number of carbonyl (C=O) groups is 1. The number of anilines is 3. The first-order chi connectivity index (χ1) is 13.1. The van der Waals surface area contributed by atoms with Crippen molar-refractivity contribution in [3.8, 4) is 0 Å². The van der Waals surface area contributed by atoms with Crippen LogP contribution >= 0.6 is 0 Å². The minimum absolute atomic E-state index is 0.00613. The van der Waals surface area contributed by atoms with Gasteiger partial charge in [-0.05, 0) is 27.2 Å². The van der Waals surface area contributed by atoms with Crippen molar-refractivity contribution in [2.45, 2.75) is 59.2 Å². The Morgan fingerprint density at radius 2 is 1.93 bits per heavy atom. The number of rotatable bonds is 8. The standard InChI is InChI=1S/C18H25F3N6O/c1-6-14(28)17(5,7-2)27-10-13(11(4)26-27)24-16-23-9-12(18(19,20)21)15(25-16)22-8-3/h9-10H,6-8H2,1-5H3,(H2,22,23,24,25). The fraction of sp³-hybridized carbons (Fsp3) is 0.556. The Morgan fingerprint density at radius 1 is 1.25 bits per heavy atom. The van der Waals surface area contributed by atoms with Gasteiger partial charge in [-0.1, -0.05) is 13.8 Å². The highest BCUT2D eigenvalue weighted by atomic mass is 19.4. The van der Waals surface area contributed by atoms with Gasteiger partial charge in [-0.15, -0.1) is 0 Å². The molecule has 10 heteroatoms. The molecule has 0 saturated carbocycles. The van der Waals surface area contributed by atoms with E-state index in [1.807, 2.05) is 13.8 Å². The van der Waals surface area contributed by atoms with Gasteiger partial charge in [0.05, 0.1) is 11.4 Å². The van der Waals surface area contributed by atoms with Gasteiger partial charge >= 0.3 is 6.18 Å². The smallest absolute Gasteiger partial charge is 0.370 e. The zero-order valence-electron chi connectivity index (χ0n) is 16.6. The molecule has 154 valence electrons. The highest BCUT2D eigenvalue weighted by molar-refractivity contribution is 5.86. The number of nitrogens with one attached hydrogen (secondary N) is 2. The third-order valence-electron chi connectivity index (χ3n) is 4.70. The maximum absolute atomic E-state index is 13.1. The maximum atomic E-state index is 13.1. The summed E-state index contributed by atoms with van der Waals surface area (Å²) in [6, 6.07) is 0. The van der Waals surface area contributed by atoms with Crippen LogP contribution in [0.3, 0.4) is 0 Å². The van der Waals surface area contributed by atoms with Crippen LogP contribution in [0.1, 0.15) is 51.8 Å². The quantitative estimate of drug-likeness (QED) is 0.690. The van der Waals surface area contributed by atoms with E-state index < -0.39 is 17.3 Å². The van der Waals surface area contributed by atoms with Crippen LogP contribution in [-0.4, -0.2) is 32.1 Å². The van der Waals surface area contributed by atoms with Gasteiger partial charge in [-0.25, -0.2) is 4.98 Å². The second-order valence-corrected chi connectivity index (χ2v) is 6.59. The SMILES string of the molecule is CCNc1nc(Nc2cn(C(C)(CC)C(=O)CC)nc2C)ncc1C(F)(F)F. The first-order valence-corrected chi connectivity index (χ1v) is 9.11. The lowest BCUT2D eigenvalue weighted by molar-refractivity contribution is -0.137. The molecular formula is C18H25F3N6O. The first kappa shape index (κ1) is 21.6. The molecular weight excluding hydrogens is 373 g/mol. The lowest BCUT2D eigenvalue weighted by Gasteiger charge is -2.26. The Bertz CT molecular complexity index is 848. The molecule has 2 aromatic heterocycles. The summed E-state index contributed by atoms with van der Waals surface area (Å²) in [5.74, 6) is -0.243. The van der Waals surface area contributed by atoms with Crippen LogP contribution in [0, 0.1) is 6.92 Å². The molecule has 2 rings (SSSR count). The summed E-state index contributed by atoms with van der Waals surface area (Å²) in [4.78, 5) is 20.1. The number of hydrogen-bond acceptors (Lipinski definition) is 6. The molecule has 2 aromatic rings. The molecule has 0 aliphatic carbocycles. The van der Waals surface area contributed by atoms with E-state index in [-0.39, 0.29) is 24.1 Å². The third-order valence-corrected chi connectivity index (χ3v) is 4.70. The molecule has 7 nitrogen and oxygen atoms in total. The van der Waals surface area contributed by atoms with Crippen molar-refractivity contribution in [1.82, 2.24) is 19.7 Å². The van der Waals surface area contributed by atoms with E-state index in [4.69, 9.17) is 0 Å². The Kier molecular flexibility index (Phi) is 6.30. The van der Waals surface area contributed by atoms with Crippen molar-refractivity contribution in [2.75, 3.05) is 17.2 Å². The summed E-state index contributed by atoms with van der Waals surface area (Å²) in [5, 5.41) is 9.92. The van der Waals surface area contributed by atoms with Crippen molar-refractivity contribution < 1.29 is 18.0 Å². The van der Waals surface area contributed by atoms with Crippen LogP contribution in [0.2, 0.25) is 0 Å². The molecule has 2 N–H and O–H groups in total. The normalized spacial score (nSPS) is 13.9. The van der Waals surface area contributed by atoms with E-state index in [0.29, 0.717) is 24.2 Å². The zero-order chi connectivity index (χ0) is 21.1. The summed E-state index contributed by atoms with van der Waals surface area (Å²) >= 11 is 0. The van der Waals surface area contributed by atoms with Gasteiger partial charge in [0.15, 0.2) is 5.78 Å². The highest BCUT2D eigenvalue weighted by Crippen LogP contribution is 2.34. The average Bonchev–Trinajstić information content (AvgIpc) is 3.00. The van der Waals surface area contributed by atoms with Gasteiger partial charge in [0, 0.05) is 25.4 Å². The van der Waals surface area contributed by atoms with Crippen LogP contribution in [0.15, 0.2) is 12.4 Å². The molecule has 0 fully saturated rings. The molecule has 0 aromatic carbocycles. The zero-order valence-corrected chi connectivity index (χ0v) is 16.6. The van der Waals surface area contributed by atoms with Crippen LogP contribution in [-0.2, 0) is 16.5 Å².